The number of amides is 1. The smallest absolute Gasteiger partial charge is 0.235 e. The molecule has 5 rings (SSSR count). The Labute approximate surface area is 219 Å². The van der Waals surface area contributed by atoms with Crippen molar-refractivity contribution < 1.29 is 34.2 Å². The maximum Gasteiger partial charge on any atom is 0.235 e. The van der Waals surface area contributed by atoms with Gasteiger partial charge in [0.15, 0.2) is 34.7 Å². The zero-order valence-corrected chi connectivity index (χ0v) is 21.6. The van der Waals surface area contributed by atoms with Gasteiger partial charge in [0, 0.05) is 5.92 Å². The predicted octanol–water partition coefficient (Wildman–Crippen LogP) is 1.15. The lowest BCUT2D eigenvalue weighted by molar-refractivity contribution is -0.181. The fourth-order valence-electron chi connectivity index (χ4n) is 7.01. The highest BCUT2D eigenvalue weighted by molar-refractivity contribution is 6.32. The third kappa shape index (κ3) is 3.49. The number of rotatable bonds is 3. The summed E-state index contributed by atoms with van der Waals surface area (Å²) in [6.07, 6.45) is 0.244. The van der Waals surface area contributed by atoms with E-state index in [1.54, 1.807) is 20.2 Å². The van der Waals surface area contributed by atoms with Crippen LogP contribution in [0.1, 0.15) is 33.5 Å². The number of aromatic hydroxyl groups is 1. The van der Waals surface area contributed by atoms with Crippen LogP contribution in [0.2, 0.25) is 0 Å². The summed E-state index contributed by atoms with van der Waals surface area (Å²) in [5, 5.41) is 22.4. The van der Waals surface area contributed by atoms with E-state index < -0.39 is 64.4 Å². The number of carbonyl (C=O) groups excluding carboxylic acids is 5. The van der Waals surface area contributed by atoms with Crippen molar-refractivity contribution in [2.75, 3.05) is 14.1 Å². The van der Waals surface area contributed by atoms with E-state index in [0.29, 0.717) is 5.56 Å². The Balaban J connectivity index is 1.67. The van der Waals surface area contributed by atoms with Crippen LogP contribution in [0.3, 0.4) is 0 Å². The molecule has 38 heavy (non-hydrogen) atoms. The van der Waals surface area contributed by atoms with Crippen molar-refractivity contribution in [1.29, 1.82) is 0 Å². The Morgan fingerprint density at radius 3 is 2.24 bits per heavy atom. The molecule has 198 valence electrons. The molecule has 3 aliphatic rings. The van der Waals surface area contributed by atoms with Crippen LogP contribution in [-0.4, -0.2) is 69.9 Å². The number of likely N-dealkylation sites (N-methyl/N-ethyl adjacent to an activating group) is 1. The number of hydrogen-bond acceptors (Lipinski definition) is 8. The lowest BCUT2D eigenvalue weighted by Crippen LogP contribution is -2.74. The van der Waals surface area contributed by atoms with E-state index >= 15 is 0 Å². The molecule has 1 amide bonds. The molecule has 0 radical (unpaired) electrons. The number of aliphatic hydroxyl groups is 1. The second kappa shape index (κ2) is 8.68. The van der Waals surface area contributed by atoms with Crippen molar-refractivity contribution in [2.24, 2.45) is 29.4 Å². The van der Waals surface area contributed by atoms with Crippen molar-refractivity contribution in [3.63, 3.8) is 0 Å². The van der Waals surface area contributed by atoms with Crippen LogP contribution in [-0.2, 0) is 25.6 Å². The largest absolute Gasteiger partial charge is 0.507 e. The highest BCUT2D eigenvalue weighted by Gasteiger charge is 2.69. The van der Waals surface area contributed by atoms with Crippen molar-refractivity contribution in [1.82, 2.24) is 4.90 Å². The lowest BCUT2D eigenvalue weighted by Gasteiger charge is -2.52. The molecule has 2 fully saturated rings. The van der Waals surface area contributed by atoms with Crippen LogP contribution >= 0.6 is 0 Å². The zero-order chi connectivity index (χ0) is 27.8. The first kappa shape index (κ1) is 25.9. The van der Waals surface area contributed by atoms with Gasteiger partial charge in [0.2, 0.25) is 5.91 Å². The van der Waals surface area contributed by atoms with Gasteiger partial charge in [-0.2, -0.15) is 0 Å². The quantitative estimate of drug-likeness (QED) is 0.511. The molecular weight excluding hydrogens is 488 g/mol. The average molecular weight is 519 g/mol. The van der Waals surface area contributed by atoms with E-state index in [1.165, 1.54) is 11.0 Å². The molecule has 6 atom stereocenters. The molecule has 3 aliphatic carbocycles. The number of hydrogen-bond donors (Lipinski definition) is 3. The van der Waals surface area contributed by atoms with E-state index in [9.17, 15) is 34.2 Å². The van der Waals surface area contributed by atoms with Gasteiger partial charge in [-0.1, -0.05) is 35.4 Å². The highest BCUT2D eigenvalue weighted by atomic mass is 16.3. The number of phenols is 1. The maximum atomic E-state index is 13.9. The van der Waals surface area contributed by atoms with Crippen LogP contribution in [0.4, 0.5) is 0 Å². The van der Waals surface area contributed by atoms with Gasteiger partial charge < -0.3 is 15.9 Å². The molecule has 0 aromatic heterocycles. The molecule has 0 bridgehead atoms. The number of Topliss-reactive ketones (excluding diaryl/α,β-unsaturated/α-hetero) is 4. The van der Waals surface area contributed by atoms with Crippen molar-refractivity contribution in [2.45, 2.75) is 38.3 Å². The number of primary amides is 1. The topological polar surface area (TPSA) is 155 Å². The summed E-state index contributed by atoms with van der Waals surface area (Å²) >= 11 is 0. The SMILES string of the molecule is Cc1cc(C)cc(-c2ccc(O)c3c2C[C@H]2C[C@H]4[C@H](N(C)C)C(=O)C(C(N)=O)C(=O)[C@@]4(O)C(=O)C2C3=O)c1. The molecule has 0 heterocycles. The summed E-state index contributed by atoms with van der Waals surface area (Å²) in [6.45, 7) is 3.92. The standard InChI is InChI=1S/C29H30N2O7/c1-12-7-13(2)9-14(8-12)16-5-6-19(32)21-17(16)10-15-11-18-23(31(3)4)25(34)22(28(30)37)27(36)29(18,38)26(35)20(15)24(21)33/h5-9,15,18,20,22-23,32,38H,10-11H2,1-4H3,(H2,30,37)/t15-,18-,20?,22?,23-,29-/m0/s1. The number of aryl methyl sites for hydroxylation is 2. The first-order valence-electron chi connectivity index (χ1n) is 12.6. The summed E-state index contributed by atoms with van der Waals surface area (Å²) < 4.78 is 0. The second-order valence-corrected chi connectivity index (χ2v) is 11.2. The third-order valence-electron chi connectivity index (χ3n) is 8.48. The normalized spacial score (nSPS) is 30.6. The van der Waals surface area contributed by atoms with Crippen LogP contribution < -0.4 is 5.73 Å². The molecular formula is C29H30N2O7. The Bertz CT molecular complexity index is 1420. The Morgan fingerprint density at radius 1 is 1.03 bits per heavy atom. The van der Waals surface area contributed by atoms with Gasteiger partial charge in [-0.25, -0.2) is 0 Å². The molecule has 0 saturated heterocycles. The molecule has 2 saturated carbocycles. The summed E-state index contributed by atoms with van der Waals surface area (Å²) in [6, 6.07) is 8.00. The van der Waals surface area contributed by atoms with Crippen LogP contribution in [0.25, 0.3) is 11.1 Å². The third-order valence-corrected chi connectivity index (χ3v) is 8.48. The zero-order valence-electron chi connectivity index (χ0n) is 21.6. The first-order valence-corrected chi connectivity index (χ1v) is 12.6. The number of phenolic OH excluding ortho intramolecular Hbond substituents is 1. The summed E-state index contributed by atoms with van der Waals surface area (Å²) in [5.41, 5.74) is 6.87. The van der Waals surface area contributed by atoms with Crippen molar-refractivity contribution in [3.8, 4) is 16.9 Å². The number of benzene rings is 2. The maximum absolute atomic E-state index is 13.9. The minimum Gasteiger partial charge on any atom is -0.507 e. The fourth-order valence-corrected chi connectivity index (χ4v) is 7.01. The molecule has 2 aromatic rings. The van der Waals surface area contributed by atoms with E-state index in [0.717, 1.165) is 22.3 Å². The molecule has 2 unspecified atom stereocenters. The first-order chi connectivity index (χ1) is 17.8. The molecule has 2 aromatic carbocycles. The van der Waals surface area contributed by atoms with Gasteiger partial charge in [0.1, 0.15) is 5.75 Å². The number of nitrogens with two attached hydrogens (primary N) is 1. The Kier molecular flexibility index (Phi) is 5.92. The van der Waals surface area contributed by atoms with Gasteiger partial charge in [0.05, 0.1) is 17.5 Å². The number of ketones is 4. The molecule has 0 spiro atoms. The van der Waals surface area contributed by atoms with Gasteiger partial charge in [0.25, 0.3) is 0 Å². The summed E-state index contributed by atoms with van der Waals surface area (Å²) in [7, 11) is 3.12. The number of carbonyl (C=O) groups is 5. The average Bonchev–Trinajstić information content (AvgIpc) is 2.80. The van der Waals surface area contributed by atoms with E-state index in [4.69, 9.17) is 5.73 Å². The molecule has 0 aliphatic heterocycles. The number of fused-ring (bicyclic) bond motifs is 3. The Hall–Kier alpha value is -3.69. The molecule has 9 heteroatoms. The predicted molar refractivity (Wildman–Crippen MR) is 136 cm³/mol. The molecule has 4 N–H and O–H groups in total. The minimum atomic E-state index is -2.72. The van der Waals surface area contributed by atoms with Gasteiger partial charge >= 0.3 is 0 Å². The van der Waals surface area contributed by atoms with Gasteiger partial charge in [-0.05, 0) is 69.5 Å². The Morgan fingerprint density at radius 2 is 1.66 bits per heavy atom. The minimum absolute atomic E-state index is 0.00625. The molecule has 9 nitrogen and oxygen atoms in total. The van der Waals surface area contributed by atoms with E-state index in [-0.39, 0.29) is 24.2 Å². The van der Waals surface area contributed by atoms with Gasteiger partial charge in [-0.15, -0.1) is 0 Å². The van der Waals surface area contributed by atoms with E-state index in [1.807, 2.05) is 32.0 Å². The van der Waals surface area contributed by atoms with Crippen molar-refractivity contribution >= 4 is 29.0 Å². The number of nitrogens with zero attached hydrogens (tertiary/aromatic N) is 1. The fraction of sp³-hybridized carbons (Fsp3) is 0.414. The summed E-state index contributed by atoms with van der Waals surface area (Å²) in [5.74, 6) is -10.4. The monoisotopic (exact) mass is 518 g/mol. The van der Waals surface area contributed by atoms with Crippen LogP contribution in [0, 0.1) is 37.5 Å². The van der Waals surface area contributed by atoms with Crippen molar-refractivity contribution in [3.05, 3.63) is 52.6 Å². The highest BCUT2D eigenvalue weighted by Crippen LogP contribution is 2.51. The lowest BCUT2D eigenvalue weighted by atomic mass is 9.52. The van der Waals surface area contributed by atoms with Crippen LogP contribution in [0.5, 0.6) is 5.75 Å². The van der Waals surface area contributed by atoms with Crippen LogP contribution in [0.15, 0.2) is 30.3 Å². The summed E-state index contributed by atoms with van der Waals surface area (Å²) in [4.78, 5) is 67.8. The van der Waals surface area contributed by atoms with Gasteiger partial charge in [-0.3, -0.25) is 28.9 Å². The van der Waals surface area contributed by atoms with E-state index in [2.05, 4.69) is 0 Å². The second-order valence-electron chi connectivity index (χ2n) is 11.2.